The Morgan fingerprint density at radius 2 is 2.00 bits per heavy atom. The molecule has 9 heteroatoms. The Morgan fingerprint density at radius 1 is 1.20 bits per heavy atom. The minimum atomic E-state index is -0.226. The summed E-state index contributed by atoms with van der Waals surface area (Å²) in [5.74, 6) is 0.228. The van der Waals surface area contributed by atoms with Gasteiger partial charge < -0.3 is 9.64 Å². The molecule has 1 amide bonds. The standard InChI is InChI=1S/C16H26N6O3/c1-2-25-16(24)13-6-5-9-21(10-13)15(23)12-22-14(17-18-19-22)11-20-7-3-4-8-20/h13H,2-12H2,1H3/t13-/m0/s1. The lowest BCUT2D eigenvalue weighted by Crippen LogP contribution is -2.44. The number of hydrogen-bond donors (Lipinski definition) is 0. The van der Waals surface area contributed by atoms with E-state index in [9.17, 15) is 9.59 Å². The Kier molecular flexibility index (Phi) is 5.95. The van der Waals surface area contributed by atoms with Gasteiger partial charge in [-0.1, -0.05) is 0 Å². The molecule has 2 aliphatic heterocycles. The SMILES string of the molecule is CCOC(=O)[C@H]1CCCN(C(=O)Cn2nnnc2CN2CCCC2)C1. The molecule has 2 saturated heterocycles. The normalized spacial score (nSPS) is 21.5. The quantitative estimate of drug-likeness (QED) is 0.670. The second-order valence-electron chi connectivity index (χ2n) is 6.67. The van der Waals surface area contributed by atoms with E-state index < -0.39 is 0 Å². The van der Waals surface area contributed by atoms with Gasteiger partial charge >= 0.3 is 5.97 Å². The summed E-state index contributed by atoms with van der Waals surface area (Å²) < 4.78 is 6.67. The maximum atomic E-state index is 12.6. The summed E-state index contributed by atoms with van der Waals surface area (Å²) in [7, 11) is 0. The molecule has 0 aliphatic carbocycles. The van der Waals surface area contributed by atoms with Crippen LogP contribution in [-0.2, 0) is 27.4 Å². The zero-order valence-corrected chi connectivity index (χ0v) is 14.8. The highest BCUT2D eigenvalue weighted by atomic mass is 16.5. The summed E-state index contributed by atoms with van der Waals surface area (Å²) in [5, 5.41) is 11.7. The molecule has 138 valence electrons. The first-order chi connectivity index (χ1) is 12.2. The lowest BCUT2D eigenvalue weighted by molar-refractivity contribution is -0.151. The Labute approximate surface area is 147 Å². The minimum Gasteiger partial charge on any atom is -0.466 e. The van der Waals surface area contributed by atoms with E-state index in [1.165, 1.54) is 12.8 Å². The zero-order valence-electron chi connectivity index (χ0n) is 14.8. The molecule has 1 aromatic heterocycles. The maximum Gasteiger partial charge on any atom is 0.310 e. The van der Waals surface area contributed by atoms with Crippen molar-refractivity contribution in [2.45, 2.75) is 45.7 Å². The summed E-state index contributed by atoms with van der Waals surface area (Å²) >= 11 is 0. The third-order valence-electron chi connectivity index (χ3n) is 4.85. The van der Waals surface area contributed by atoms with E-state index in [0.29, 0.717) is 32.1 Å². The van der Waals surface area contributed by atoms with E-state index in [0.717, 1.165) is 25.9 Å². The van der Waals surface area contributed by atoms with Crippen molar-refractivity contribution in [3.05, 3.63) is 5.82 Å². The van der Waals surface area contributed by atoms with Gasteiger partial charge in [-0.3, -0.25) is 14.5 Å². The van der Waals surface area contributed by atoms with Crippen molar-refractivity contribution in [3.8, 4) is 0 Å². The number of esters is 1. The molecule has 9 nitrogen and oxygen atoms in total. The lowest BCUT2D eigenvalue weighted by atomic mass is 9.98. The number of nitrogens with zero attached hydrogens (tertiary/aromatic N) is 6. The van der Waals surface area contributed by atoms with Crippen molar-refractivity contribution < 1.29 is 14.3 Å². The van der Waals surface area contributed by atoms with Crippen LogP contribution >= 0.6 is 0 Å². The van der Waals surface area contributed by atoms with Gasteiger partial charge in [-0.25, -0.2) is 4.68 Å². The van der Waals surface area contributed by atoms with E-state index in [-0.39, 0.29) is 24.3 Å². The molecule has 0 radical (unpaired) electrons. The van der Waals surface area contributed by atoms with Gasteiger partial charge in [-0.15, -0.1) is 5.10 Å². The number of ether oxygens (including phenoxy) is 1. The molecular formula is C16H26N6O3. The molecule has 0 aromatic carbocycles. The van der Waals surface area contributed by atoms with Crippen molar-refractivity contribution in [2.75, 3.05) is 32.8 Å². The smallest absolute Gasteiger partial charge is 0.310 e. The van der Waals surface area contributed by atoms with E-state index in [1.54, 1.807) is 16.5 Å². The number of hydrogen-bond acceptors (Lipinski definition) is 7. The average Bonchev–Trinajstić information content (AvgIpc) is 3.28. The number of carbonyl (C=O) groups excluding carboxylic acids is 2. The number of rotatable bonds is 6. The molecule has 0 N–H and O–H groups in total. The molecule has 0 unspecified atom stereocenters. The number of aromatic nitrogens is 4. The average molecular weight is 350 g/mol. The summed E-state index contributed by atoms with van der Waals surface area (Å²) in [6, 6.07) is 0. The first-order valence-electron chi connectivity index (χ1n) is 9.09. The first-order valence-corrected chi connectivity index (χ1v) is 9.09. The Morgan fingerprint density at radius 3 is 2.76 bits per heavy atom. The Hall–Kier alpha value is -2.03. The van der Waals surface area contributed by atoms with E-state index in [4.69, 9.17) is 4.74 Å². The van der Waals surface area contributed by atoms with Gasteiger partial charge in [0.2, 0.25) is 5.91 Å². The van der Waals surface area contributed by atoms with E-state index >= 15 is 0 Å². The third-order valence-corrected chi connectivity index (χ3v) is 4.85. The highest BCUT2D eigenvalue weighted by Gasteiger charge is 2.30. The Bertz CT molecular complexity index is 598. The molecule has 2 fully saturated rings. The molecule has 3 heterocycles. The maximum absolute atomic E-state index is 12.6. The molecule has 25 heavy (non-hydrogen) atoms. The van der Waals surface area contributed by atoms with Crippen LogP contribution in [0.3, 0.4) is 0 Å². The summed E-state index contributed by atoms with van der Waals surface area (Å²) in [6.07, 6.45) is 3.98. The fraction of sp³-hybridized carbons (Fsp3) is 0.812. The molecule has 0 saturated carbocycles. The van der Waals surface area contributed by atoms with Crippen molar-refractivity contribution in [3.63, 3.8) is 0 Å². The fourth-order valence-electron chi connectivity index (χ4n) is 3.48. The van der Waals surface area contributed by atoms with Crippen molar-refractivity contribution in [2.24, 2.45) is 5.92 Å². The van der Waals surface area contributed by atoms with Crippen molar-refractivity contribution >= 4 is 11.9 Å². The van der Waals surface area contributed by atoms with Gasteiger partial charge in [-0.05, 0) is 56.1 Å². The van der Waals surface area contributed by atoms with Crippen LogP contribution < -0.4 is 0 Å². The van der Waals surface area contributed by atoms with E-state index in [2.05, 4.69) is 20.4 Å². The van der Waals surface area contributed by atoms with Crippen LogP contribution in [0.25, 0.3) is 0 Å². The van der Waals surface area contributed by atoms with Crippen LogP contribution in [0.5, 0.6) is 0 Å². The second kappa shape index (κ2) is 8.37. The fourth-order valence-corrected chi connectivity index (χ4v) is 3.48. The number of tetrazole rings is 1. The van der Waals surface area contributed by atoms with Crippen LogP contribution in [0.2, 0.25) is 0 Å². The summed E-state index contributed by atoms with van der Waals surface area (Å²) in [5.41, 5.74) is 0. The Balaban J connectivity index is 1.56. The molecule has 0 bridgehead atoms. The molecule has 0 spiro atoms. The predicted molar refractivity (Wildman–Crippen MR) is 88.3 cm³/mol. The van der Waals surface area contributed by atoms with Crippen LogP contribution in [0.15, 0.2) is 0 Å². The number of piperidine rings is 1. The topological polar surface area (TPSA) is 93.5 Å². The monoisotopic (exact) mass is 350 g/mol. The highest BCUT2D eigenvalue weighted by molar-refractivity contribution is 5.78. The number of likely N-dealkylation sites (tertiary alicyclic amines) is 2. The van der Waals surface area contributed by atoms with Gasteiger partial charge in [0.1, 0.15) is 6.54 Å². The second-order valence-corrected chi connectivity index (χ2v) is 6.67. The van der Waals surface area contributed by atoms with Crippen LogP contribution in [-0.4, -0.2) is 74.7 Å². The van der Waals surface area contributed by atoms with Crippen LogP contribution in [0.4, 0.5) is 0 Å². The van der Waals surface area contributed by atoms with E-state index in [1.807, 2.05) is 0 Å². The first kappa shape index (κ1) is 17.8. The summed E-state index contributed by atoms with van der Waals surface area (Å²) in [6.45, 7) is 6.14. The molecule has 2 aliphatic rings. The zero-order chi connectivity index (χ0) is 17.6. The van der Waals surface area contributed by atoms with Gasteiger partial charge in [0.05, 0.1) is 19.1 Å². The summed E-state index contributed by atoms with van der Waals surface area (Å²) in [4.78, 5) is 28.6. The molecule has 1 atom stereocenters. The third kappa shape index (κ3) is 4.53. The molecular weight excluding hydrogens is 324 g/mol. The number of carbonyl (C=O) groups is 2. The minimum absolute atomic E-state index is 0.0519. The molecule has 3 rings (SSSR count). The van der Waals surface area contributed by atoms with Gasteiger partial charge in [-0.2, -0.15) is 0 Å². The lowest BCUT2D eigenvalue weighted by Gasteiger charge is -2.31. The molecule has 1 aromatic rings. The highest BCUT2D eigenvalue weighted by Crippen LogP contribution is 2.18. The van der Waals surface area contributed by atoms with Crippen molar-refractivity contribution in [1.82, 2.24) is 30.0 Å². The number of amides is 1. The van der Waals surface area contributed by atoms with Gasteiger partial charge in [0, 0.05) is 13.1 Å². The van der Waals surface area contributed by atoms with Crippen LogP contribution in [0.1, 0.15) is 38.4 Å². The van der Waals surface area contributed by atoms with Gasteiger partial charge in [0.15, 0.2) is 5.82 Å². The van der Waals surface area contributed by atoms with Crippen molar-refractivity contribution in [1.29, 1.82) is 0 Å². The predicted octanol–water partition coefficient (Wildman–Crippen LogP) is 0.0706. The van der Waals surface area contributed by atoms with Gasteiger partial charge in [0.25, 0.3) is 0 Å². The van der Waals surface area contributed by atoms with Crippen LogP contribution in [0, 0.1) is 5.92 Å². The largest absolute Gasteiger partial charge is 0.466 e.